The van der Waals surface area contributed by atoms with Crippen LogP contribution in [0.1, 0.15) is 38.3 Å². The van der Waals surface area contributed by atoms with Crippen LogP contribution in [0.4, 0.5) is 11.4 Å². The van der Waals surface area contributed by atoms with Crippen molar-refractivity contribution in [2.75, 3.05) is 18.0 Å². The van der Waals surface area contributed by atoms with Gasteiger partial charge in [-0.15, -0.1) is 0 Å². The number of sulfonamides is 1. The lowest BCUT2D eigenvalue weighted by Gasteiger charge is -2.32. The number of nitro benzene ring substituents is 1. The topological polar surface area (TPSA) is 139 Å². The molecule has 43 heavy (non-hydrogen) atoms. The van der Waals surface area contributed by atoms with Gasteiger partial charge in [0.15, 0.2) is 0 Å². The molecule has 0 aliphatic carbocycles. The molecule has 0 fully saturated rings. The molecule has 1 N–H and O–H groups in total. The van der Waals surface area contributed by atoms with Crippen LogP contribution in [0.5, 0.6) is 5.75 Å². The summed E-state index contributed by atoms with van der Waals surface area (Å²) in [5.41, 5.74) is 0.779. The summed E-state index contributed by atoms with van der Waals surface area (Å²) in [4.78, 5) is 39.1. The van der Waals surface area contributed by atoms with Crippen LogP contribution in [0.2, 0.25) is 0 Å². The fourth-order valence-corrected chi connectivity index (χ4v) is 6.11. The number of rotatable bonds is 13. The van der Waals surface area contributed by atoms with E-state index in [4.69, 9.17) is 4.74 Å². The third kappa shape index (κ3) is 8.32. The maximum Gasteiger partial charge on any atom is 0.273 e. The highest BCUT2D eigenvalue weighted by Gasteiger charge is 2.33. The van der Waals surface area contributed by atoms with Crippen molar-refractivity contribution >= 4 is 49.1 Å². The van der Waals surface area contributed by atoms with E-state index in [1.807, 2.05) is 26.0 Å². The first-order chi connectivity index (χ1) is 20.3. The summed E-state index contributed by atoms with van der Waals surface area (Å²) in [5.74, 6) is -0.566. The number of benzene rings is 3. The molecule has 13 heteroatoms. The second kappa shape index (κ2) is 14.5. The second-order valence-corrected chi connectivity index (χ2v) is 12.8. The number of aryl methyl sites for hydroxylation is 1. The molecule has 0 spiro atoms. The highest BCUT2D eigenvalue weighted by Crippen LogP contribution is 2.29. The number of carbonyl (C=O) groups excluding carboxylic acids is 2. The predicted octanol–water partition coefficient (Wildman–Crippen LogP) is 5.20. The first-order valence-electron chi connectivity index (χ1n) is 13.5. The minimum absolute atomic E-state index is 0.0276. The second-order valence-electron chi connectivity index (χ2n) is 10.1. The van der Waals surface area contributed by atoms with Crippen LogP contribution in [-0.4, -0.2) is 55.8 Å². The number of methoxy groups -OCH3 is 1. The molecule has 11 nitrogen and oxygen atoms in total. The van der Waals surface area contributed by atoms with E-state index in [0.29, 0.717) is 12.2 Å². The van der Waals surface area contributed by atoms with Gasteiger partial charge in [-0.1, -0.05) is 41.1 Å². The van der Waals surface area contributed by atoms with Gasteiger partial charge in [-0.25, -0.2) is 8.42 Å². The largest absolute Gasteiger partial charge is 0.497 e. The van der Waals surface area contributed by atoms with E-state index in [0.717, 1.165) is 20.4 Å². The van der Waals surface area contributed by atoms with E-state index < -0.39 is 33.4 Å². The lowest BCUT2D eigenvalue weighted by molar-refractivity contribution is -0.385. The Bertz CT molecular complexity index is 1580. The number of hydrogen-bond acceptors (Lipinski definition) is 7. The van der Waals surface area contributed by atoms with Crippen LogP contribution in [0.3, 0.4) is 0 Å². The fraction of sp³-hybridized carbons (Fsp3) is 0.333. The van der Waals surface area contributed by atoms with Crippen molar-refractivity contribution in [2.45, 2.75) is 57.6 Å². The number of nitrogens with zero attached hydrogens (tertiary/aromatic N) is 3. The summed E-state index contributed by atoms with van der Waals surface area (Å²) in [6.07, 6.45) is 0.685. The zero-order valence-electron chi connectivity index (χ0n) is 24.6. The molecule has 3 aromatic carbocycles. The number of amides is 2. The lowest BCUT2D eigenvalue weighted by atomic mass is 10.1. The van der Waals surface area contributed by atoms with Gasteiger partial charge in [0.1, 0.15) is 18.3 Å². The molecular weight excluding hydrogens is 640 g/mol. The van der Waals surface area contributed by atoms with E-state index in [9.17, 15) is 28.1 Å². The molecule has 2 atom stereocenters. The first-order valence-corrected chi connectivity index (χ1v) is 15.8. The molecule has 0 unspecified atom stereocenters. The Morgan fingerprint density at radius 2 is 1.74 bits per heavy atom. The number of ether oxygens (including phenoxy) is 1. The normalized spacial score (nSPS) is 12.6. The fourth-order valence-electron chi connectivity index (χ4n) is 4.23. The van der Waals surface area contributed by atoms with Crippen molar-refractivity contribution in [3.8, 4) is 5.75 Å². The maximum absolute atomic E-state index is 14.0. The first kappa shape index (κ1) is 33.5. The van der Waals surface area contributed by atoms with Crippen molar-refractivity contribution < 1.29 is 27.7 Å². The van der Waals surface area contributed by atoms with Gasteiger partial charge in [0.05, 0.1) is 22.6 Å². The summed E-state index contributed by atoms with van der Waals surface area (Å²) < 4.78 is 34.9. The molecule has 0 saturated heterocycles. The average Bonchev–Trinajstić information content (AvgIpc) is 2.98. The van der Waals surface area contributed by atoms with Crippen LogP contribution in [0.25, 0.3) is 0 Å². The van der Waals surface area contributed by atoms with E-state index in [-0.39, 0.29) is 40.3 Å². The van der Waals surface area contributed by atoms with Gasteiger partial charge in [-0.05, 0) is 75.2 Å². The Labute approximate surface area is 260 Å². The van der Waals surface area contributed by atoms with Gasteiger partial charge in [-0.3, -0.25) is 24.0 Å². The smallest absolute Gasteiger partial charge is 0.273 e. The van der Waals surface area contributed by atoms with Gasteiger partial charge < -0.3 is 15.0 Å². The quantitative estimate of drug-likeness (QED) is 0.194. The van der Waals surface area contributed by atoms with E-state index >= 15 is 0 Å². The molecule has 0 aliphatic heterocycles. The monoisotopic (exact) mass is 674 g/mol. The molecule has 0 radical (unpaired) electrons. The Morgan fingerprint density at radius 3 is 2.33 bits per heavy atom. The van der Waals surface area contributed by atoms with Crippen molar-refractivity contribution in [3.63, 3.8) is 0 Å². The molecule has 3 aromatic rings. The number of halogens is 1. The maximum atomic E-state index is 14.0. The molecule has 2 amide bonds. The summed E-state index contributed by atoms with van der Waals surface area (Å²) in [7, 11) is -3.03. The van der Waals surface area contributed by atoms with Crippen molar-refractivity contribution in [2.24, 2.45) is 0 Å². The third-order valence-corrected chi connectivity index (χ3v) is 9.28. The van der Waals surface area contributed by atoms with Crippen LogP contribution in [0.15, 0.2) is 76.1 Å². The Hall–Kier alpha value is -3.97. The van der Waals surface area contributed by atoms with Crippen LogP contribution >= 0.6 is 15.9 Å². The van der Waals surface area contributed by atoms with E-state index in [1.54, 1.807) is 31.2 Å². The lowest BCUT2D eigenvalue weighted by Crippen LogP contribution is -2.52. The number of nitrogens with one attached hydrogen (secondary N) is 1. The molecule has 0 bridgehead atoms. The van der Waals surface area contributed by atoms with E-state index in [1.165, 1.54) is 43.2 Å². The molecule has 0 saturated carbocycles. The van der Waals surface area contributed by atoms with Crippen molar-refractivity contribution in [1.82, 2.24) is 10.2 Å². The minimum atomic E-state index is -4.49. The molecule has 0 heterocycles. The summed E-state index contributed by atoms with van der Waals surface area (Å²) in [6.45, 7) is 6.22. The Morgan fingerprint density at radius 1 is 1.07 bits per heavy atom. The number of hydrogen-bond donors (Lipinski definition) is 1. The third-order valence-electron chi connectivity index (χ3n) is 7.01. The highest BCUT2D eigenvalue weighted by molar-refractivity contribution is 9.10. The summed E-state index contributed by atoms with van der Waals surface area (Å²) in [5, 5.41) is 14.5. The zero-order valence-corrected chi connectivity index (χ0v) is 27.0. The zero-order chi connectivity index (χ0) is 31.9. The molecular formula is C30H35BrN4O7S. The summed E-state index contributed by atoms with van der Waals surface area (Å²) in [6, 6.07) is 15.8. The number of nitro groups is 1. The molecule has 230 valence electrons. The molecule has 0 aliphatic rings. The van der Waals surface area contributed by atoms with Gasteiger partial charge in [0, 0.05) is 28.7 Å². The predicted molar refractivity (Wildman–Crippen MR) is 167 cm³/mol. The molecule has 0 aromatic heterocycles. The van der Waals surface area contributed by atoms with Crippen LogP contribution in [-0.2, 0) is 26.2 Å². The van der Waals surface area contributed by atoms with Crippen LogP contribution < -0.4 is 14.4 Å². The number of carbonyl (C=O) groups is 2. The molecule has 3 rings (SSSR count). The van der Waals surface area contributed by atoms with Gasteiger partial charge >= 0.3 is 0 Å². The SMILES string of the molecule is CC[C@H](C)NC(=O)[C@@H](C)N(Cc1cccc(Br)c1)C(=O)CN(c1ccc(OC)cc1)S(=O)(=O)c1ccc(C)c([N+](=O)[O-])c1. The van der Waals surface area contributed by atoms with Crippen molar-refractivity contribution in [3.05, 3.63) is 92.4 Å². The van der Waals surface area contributed by atoms with Gasteiger partial charge in [-0.2, -0.15) is 0 Å². The summed E-state index contributed by atoms with van der Waals surface area (Å²) >= 11 is 3.42. The Balaban J connectivity index is 2.09. The number of anilines is 1. The standard InChI is InChI=1S/C30H35BrN4O7S/c1-6-21(3)32-30(37)22(4)33(18-23-8-7-9-24(31)16-23)29(36)19-34(25-11-13-26(42-5)14-12-25)43(40,41)27-15-10-20(2)28(17-27)35(38)39/h7-17,21-22H,6,18-19H2,1-5H3,(H,32,37)/t21-,22+/m0/s1. The van der Waals surface area contributed by atoms with Crippen LogP contribution in [0, 0.1) is 17.0 Å². The minimum Gasteiger partial charge on any atom is -0.497 e. The highest BCUT2D eigenvalue weighted by atomic mass is 79.9. The average molecular weight is 676 g/mol. The Kier molecular flexibility index (Phi) is 11.3. The van der Waals surface area contributed by atoms with Gasteiger partial charge in [0.2, 0.25) is 11.8 Å². The van der Waals surface area contributed by atoms with Crippen molar-refractivity contribution in [1.29, 1.82) is 0 Å². The van der Waals surface area contributed by atoms with E-state index in [2.05, 4.69) is 21.2 Å². The van der Waals surface area contributed by atoms with Gasteiger partial charge in [0.25, 0.3) is 15.7 Å².